The SMILES string of the molecule is NC(N)=NCCC[C@H](N)C(=O)O.NC(N)=NCCC[C@H](N)C(=O)O.OC[C@@H](O)C(O)[C@@H](O)CO. The van der Waals surface area contributed by atoms with Gasteiger partial charge in [0.25, 0.3) is 0 Å². The number of hydrogen-bond acceptors (Lipinski definition) is 11. The molecule has 19 N–H and O–H groups in total. The molecule has 34 heavy (non-hydrogen) atoms. The lowest BCUT2D eigenvalue weighted by molar-refractivity contribution is -0.139. The van der Waals surface area contributed by atoms with Crippen LogP contribution in [0.25, 0.3) is 0 Å². The lowest BCUT2D eigenvalue weighted by atomic mass is 10.1. The van der Waals surface area contributed by atoms with Crippen LogP contribution in [0.5, 0.6) is 0 Å². The van der Waals surface area contributed by atoms with E-state index in [0.29, 0.717) is 38.8 Å². The molecule has 0 heterocycles. The summed E-state index contributed by atoms with van der Waals surface area (Å²) in [5.74, 6) is -1.97. The maximum Gasteiger partial charge on any atom is 0.320 e. The lowest BCUT2D eigenvalue weighted by Gasteiger charge is -2.19. The number of nitrogens with zero attached hydrogens (tertiary/aromatic N) is 2. The number of aliphatic hydroxyl groups excluding tert-OH is 5. The molecule has 0 amide bonds. The Balaban J connectivity index is -0.000000426. The van der Waals surface area contributed by atoms with Crippen LogP contribution in [-0.4, -0.2) is 116 Å². The minimum absolute atomic E-state index is 0.0129. The number of carboxylic acid groups (broad SMARTS) is 2. The number of guanidine groups is 2. The number of carbonyl (C=O) groups is 2. The Hall–Kier alpha value is -2.80. The second-order valence-electron chi connectivity index (χ2n) is 6.78. The molecule has 202 valence electrons. The van der Waals surface area contributed by atoms with Gasteiger partial charge < -0.3 is 70.1 Å². The highest BCUT2D eigenvalue weighted by atomic mass is 16.4. The lowest BCUT2D eigenvalue weighted by Crippen LogP contribution is -2.41. The monoisotopic (exact) mass is 500 g/mol. The number of carboxylic acids is 2. The molecule has 0 bridgehead atoms. The summed E-state index contributed by atoms with van der Waals surface area (Å²) in [5, 5.41) is 59.3. The van der Waals surface area contributed by atoms with Crippen molar-refractivity contribution in [3.8, 4) is 0 Å². The van der Waals surface area contributed by atoms with E-state index >= 15 is 0 Å². The molecule has 0 rings (SSSR count). The summed E-state index contributed by atoms with van der Waals surface area (Å²) >= 11 is 0. The van der Waals surface area contributed by atoms with Gasteiger partial charge in [0.2, 0.25) is 0 Å². The Morgan fingerprint density at radius 2 is 0.971 bits per heavy atom. The van der Waals surface area contributed by atoms with Gasteiger partial charge in [-0.05, 0) is 25.7 Å². The van der Waals surface area contributed by atoms with Crippen LogP contribution in [0.3, 0.4) is 0 Å². The van der Waals surface area contributed by atoms with Crippen molar-refractivity contribution in [1.29, 1.82) is 0 Å². The van der Waals surface area contributed by atoms with E-state index in [1.807, 2.05) is 0 Å². The van der Waals surface area contributed by atoms with Gasteiger partial charge in [-0.15, -0.1) is 0 Å². The van der Waals surface area contributed by atoms with E-state index in [4.69, 9.17) is 70.1 Å². The molecule has 0 aromatic carbocycles. The van der Waals surface area contributed by atoms with Crippen LogP contribution >= 0.6 is 0 Å². The minimum atomic E-state index is -1.49. The second-order valence-corrected chi connectivity index (χ2v) is 6.78. The van der Waals surface area contributed by atoms with Gasteiger partial charge in [0.05, 0.1) is 13.2 Å². The van der Waals surface area contributed by atoms with E-state index in [0.717, 1.165) is 0 Å². The summed E-state index contributed by atoms with van der Waals surface area (Å²) in [6.45, 7) is -0.441. The van der Waals surface area contributed by atoms with Crippen molar-refractivity contribution in [2.75, 3.05) is 26.3 Å². The summed E-state index contributed by atoms with van der Waals surface area (Å²) in [6.07, 6.45) is -2.38. The van der Waals surface area contributed by atoms with Crippen molar-refractivity contribution in [2.45, 2.75) is 56.1 Å². The first-order chi connectivity index (χ1) is 15.7. The second kappa shape index (κ2) is 22.0. The molecule has 17 nitrogen and oxygen atoms in total. The number of nitrogens with two attached hydrogens (primary N) is 6. The molecule has 0 aliphatic carbocycles. The van der Waals surface area contributed by atoms with Gasteiger partial charge in [0.1, 0.15) is 30.4 Å². The van der Waals surface area contributed by atoms with Crippen molar-refractivity contribution < 1.29 is 45.3 Å². The predicted octanol–water partition coefficient (Wildman–Crippen LogP) is -6.04. The molecule has 0 aliphatic rings. The third-order valence-corrected chi connectivity index (χ3v) is 3.73. The first-order valence-electron chi connectivity index (χ1n) is 10.0. The molecule has 17 heteroatoms. The fraction of sp³-hybridized carbons (Fsp3) is 0.765. The standard InChI is InChI=1S/2C6H14N4O2.C5H12O5/c2*7-4(5(11)12)2-1-3-10-6(8)9;6-1-3(8)5(10)4(9)2-7/h2*4H,1-3,7H2,(H,11,12)(H4,8,9,10);3-10H,1-2H2/t2*4-;3-,4+,5?/m00./s1. The Morgan fingerprint density at radius 1 is 0.676 bits per heavy atom. The first-order valence-corrected chi connectivity index (χ1v) is 10.0. The summed E-state index contributed by atoms with van der Waals surface area (Å²) < 4.78 is 0. The third kappa shape index (κ3) is 23.9. The van der Waals surface area contributed by atoms with E-state index in [-0.39, 0.29) is 11.9 Å². The molecule has 5 atom stereocenters. The Labute approximate surface area is 196 Å². The first kappa shape index (κ1) is 35.8. The van der Waals surface area contributed by atoms with Crippen LogP contribution < -0.4 is 34.4 Å². The Bertz CT molecular complexity index is 552. The molecule has 1 unspecified atom stereocenters. The highest BCUT2D eigenvalue weighted by Crippen LogP contribution is 1.98. The number of hydrogen-bond donors (Lipinski definition) is 13. The largest absolute Gasteiger partial charge is 0.480 e. The topological polar surface area (TPSA) is 357 Å². The maximum absolute atomic E-state index is 10.2. The van der Waals surface area contributed by atoms with E-state index in [1.165, 1.54) is 0 Å². The maximum atomic E-state index is 10.2. The van der Waals surface area contributed by atoms with Crippen molar-refractivity contribution in [3.05, 3.63) is 0 Å². The van der Waals surface area contributed by atoms with Crippen molar-refractivity contribution in [1.82, 2.24) is 0 Å². The van der Waals surface area contributed by atoms with Crippen LogP contribution in [0.2, 0.25) is 0 Å². The quantitative estimate of drug-likeness (QED) is 0.0599. The zero-order valence-electron chi connectivity index (χ0n) is 18.8. The van der Waals surface area contributed by atoms with Crippen LogP contribution in [0.15, 0.2) is 9.98 Å². The van der Waals surface area contributed by atoms with E-state index in [9.17, 15) is 9.59 Å². The average molecular weight is 501 g/mol. The fourth-order valence-electron chi connectivity index (χ4n) is 1.76. The molecule has 0 aliphatic heterocycles. The predicted molar refractivity (Wildman–Crippen MR) is 123 cm³/mol. The molecule has 0 spiro atoms. The van der Waals surface area contributed by atoms with Gasteiger partial charge in [-0.1, -0.05) is 0 Å². The number of rotatable bonds is 14. The van der Waals surface area contributed by atoms with Gasteiger partial charge in [-0.25, -0.2) is 0 Å². The van der Waals surface area contributed by atoms with Crippen molar-refractivity contribution in [2.24, 2.45) is 44.4 Å². The van der Waals surface area contributed by atoms with Crippen LogP contribution in [0.4, 0.5) is 0 Å². The molecule has 0 radical (unpaired) electrons. The zero-order chi connectivity index (χ0) is 27.3. The molecule has 0 saturated carbocycles. The Morgan fingerprint density at radius 3 is 1.18 bits per heavy atom. The van der Waals surface area contributed by atoms with Crippen LogP contribution in [-0.2, 0) is 9.59 Å². The zero-order valence-corrected chi connectivity index (χ0v) is 18.8. The van der Waals surface area contributed by atoms with Crippen molar-refractivity contribution in [3.63, 3.8) is 0 Å². The van der Waals surface area contributed by atoms with E-state index < -0.39 is 55.5 Å². The van der Waals surface area contributed by atoms with Gasteiger partial charge in [-0.2, -0.15) is 0 Å². The third-order valence-electron chi connectivity index (χ3n) is 3.73. The molecule has 0 saturated heterocycles. The number of aliphatic carboxylic acids is 2. The summed E-state index contributed by atoms with van der Waals surface area (Å²) in [4.78, 5) is 27.8. The van der Waals surface area contributed by atoms with Gasteiger partial charge in [-0.3, -0.25) is 19.6 Å². The highest BCUT2D eigenvalue weighted by molar-refractivity contribution is 5.76. The number of aliphatic hydroxyl groups is 5. The van der Waals surface area contributed by atoms with Gasteiger partial charge in [0.15, 0.2) is 11.9 Å². The minimum Gasteiger partial charge on any atom is -0.480 e. The van der Waals surface area contributed by atoms with Gasteiger partial charge in [0, 0.05) is 13.1 Å². The highest BCUT2D eigenvalue weighted by Gasteiger charge is 2.22. The molecule has 0 aromatic rings. The van der Waals surface area contributed by atoms with Crippen LogP contribution in [0, 0.1) is 0 Å². The smallest absolute Gasteiger partial charge is 0.320 e. The van der Waals surface area contributed by atoms with Crippen molar-refractivity contribution >= 4 is 23.9 Å². The summed E-state index contributed by atoms with van der Waals surface area (Å²) in [6, 6.07) is -1.64. The number of aliphatic imine (C=N–C) groups is 2. The van der Waals surface area contributed by atoms with Crippen LogP contribution in [0.1, 0.15) is 25.7 Å². The molecule has 0 aromatic heterocycles. The molecular formula is C17H40N8O9. The van der Waals surface area contributed by atoms with E-state index in [2.05, 4.69) is 9.98 Å². The normalized spacial score (nSPS) is 14.4. The average Bonchev–Trinajstić information content (AvgIpc) is 2.77. The van der Waals surface area contributed by atoms with E-state index in [1.54, 1.807) is 0 Å². The molecular weight excluding hydrogens is 460 g/mol. The van der Waals surface area contributed by atoms with Gasteiger partial charge >= 0.3 is 11.9 Å². The summed E-state index contributed by atoms with van der Waals surface area (Å²) in [7, 11) is 0. The molecule has 0 fully saturated rings. The fourth-order valence-corrected chi connectivity index (χ4v) is 1.76. The Kier molecular flexibility index (Phi) is 23.2. The summed E-state index contributed by atoms with van der Waals surface area (Å²) in [5.41, 5.74) is 30.6.